The Hall–Kier alpha value is -1.91. The van der Waals surface area contributed by atoms with Crippen LogP contribution in [0.4, 0.5) is 0 Å². The Balaban J connectivity index is 3.03. The topological polar surface area (TPSA) is 104 Å². The SMILES string of the molecule is CCCCN(CC(N)=O)S(=O)(=O)c1ccc(CC#N)cc1. The van der Waals surface area contributed by atoms with Gasteiger partial charge in [0.05, 0.1) is 23.9 Å². The standard InChI is InChI=1S/C14H19N3O3S/c1-2-3-10-17(11-14(16)18)21(19,20)13-6-4-12(5-7-13)8-9-15/h4-7H,2-3,8,10-11H2,1H3,(H2,16,18). The third-order valence-corrected chi connectivity index (χ3v) is 4.80. The van der Waals surface area contributed by atoms with Gasteiger partial charge in [-0.25, -0.2) is 8.42 Å². The van der Waals surface area contributed by atoms with Crippen molar-refractivity contribution >= 4 is 15.9 Å². The van der Waals surface area contributed by atoms with Crippen LogP contribution in [0.2, 0.25) is 0 Å². The van der Waals surface area contributed by atoms with Crippen molar-refractivity contribution in [2.24, 2.45) is 5.73 Å². The highest BCUT2D eigenvalue weighted by Gasteiger charge is 2.25. The Labute approximate surface area is 125 Å². The zero-order valence-electron chi connectivity index (χ0n) is 11.9. The van der Waals surface area contributed by atoms with Crippen molar-refractivity contribution in [3.63, 3.8) is 0 Å². The molecule has 0 heterocycles. The Morgan fingerprint density at radius 1 is 1.33 bits per heavy atom. The predicted molar refractivity (Wildman–Crippen MR) is 78.6 cm³/mol. The van der Waals surface area contributed by atoms with Crippen LogP contribution in [0.3, 0.4) is 0 Å². The minimum absolute atomic E-state index is 0.0987. The summed E-state index contributed by atoms with van der Waals surface area (Å²) in [5.41, 5.74) is 5.86. The monoisotopic (exact) mass is 309 g/mol. The minimum atomic E-state index is -3.75. The van der Waals surface area contributed by atoms with Crippen LogP contribution in [-0.4, -0.2) is 31.7 Å². The molecule has 0 fully saturated rings. The van der Waals surface area contributed by atoms with Gasteiger partial charge in [0.1, 0.15) is 0 Å². The van der Waals surface area contributed by atoms with E-state index < -0.39 is 15.9 Å². The van der Waals surface area contributed by atoms with Crippen molar-refractivity contribution in [1.82, 2.24) is 4.31 Å². The van der Waals surface area contributed by atoms with E-state index in [1.807, 2.05) is 13.0 Å². The summed E-state index contributed by atoms with van der Waals surface area (Å²) in [7, 11) is -3.75. The number of rotatable bonds is 8. The number of hydrogen-bond acceptors (Lipinski definition) is 4. The fourth-order valence-corrected chi connectivity index (χ4v) is 3.26. The lowest BCUT2D eigenvalue weighted by molar-refractivity contribution is -0.118. The summed E-state index contributed by atoms with van der Waals surface area (Å²) in [5, 5.41) is 8.61. The van der Waals surface area contributed by atoms with E-state index in [2.05, 4.69) is 0 Å². The second kappa shape index (κ2) is 7.76. The molecule has 6 nitrogen and oxygen atoms in total. The summed E-state index contributed by atoms with van der Waals surface area (Å²) in [4.78, 5) is 11.2. The molecule has 0 aliphatic heterocycles. The number of unbranched alkanes of at least 4 members (excludes halogenated alkanes) is 1. The second-order valence-corrected chi connectivity index (χ2v) is 6.58. The minimum Gasteiger partial charge on any atom is -0.369 e. The first-order chi connectivity index (χ1) is 9.91. The molecule has 0 saturated carbocycles. The summed E-state index contributed by atoms with van der Waals surface area (Å²) >= 11 is 0. The number of sulfonamides is 1. The lowest BCUT2D eigenvalue weighted by Gasteiger charge is -2.20. The molecule has 1 rings (SSSR count). The normalized spacial score (nSPS) is 11.3. The molecular weight excluding hydrogens is 290 g/mol. The molecule has 1 aromatic carbocycles. The van der Waals surface area contributed by atoms with Crippen molar-refractivity contribution in [1.29, 1.82) is 5.26 Å². The van der Waals surface area contributed by atoms with Crippen LogP contribution < -0.4 is 5.73 Å². The van der Waals surface area contributed by atoms with E-state index >= 15 is 0 Å². The van der Waals surface area contributed by atoms with E-state index in [1.54, 1.807) is 12.1 Å². The molecule has 0 unspecified atom stereocenters. The molecule has 7 heteroatoms. The number of nitrogens with zero attached hydrogens (tertiary/aromatic N) is 2. The summed E-state index contributed by atoms with van der Waals surface area (Å²) in [5.74, 6) is -0.684. The quantitative estimate of drug-likeness (QED) is 0.774. The Kier molecular flexibility index (Phi) is 6.34. The summed E-state index contributed by atoms with van der Waals surface area (Å²) in [6.45, 7) is 1.86. The van der Waals surface area contributed by atoms with Crippen LogP contribution in [0.15, 0.2) is 29.2 Å². The number of nitrogens with two attached hydrogens (primary N) is 1. The van der Waals surface area contributed by atoms with Crippen molar-refractivity contribution in [3.8, 4) is 6.07 Å². The molecular formula is C14H19N3O3S. The Bertz CT molecular complexity index is 618. The van der Waals surface area contributed by atoms with Crippen LogP contribution in [0.5, 0.6) is 0 Å². The highest BCUT2D eigenvalue weighted by molar-refractivity contribution is 7.89. The predicted octanol–water partition coefficient (Wildman–Crippen LogP) is 1.03. The van der Waals surface area contributed by atoms with E-state index in [1.165, 1.54) is 12.1 Å². The molecule has 1 amide bonds. The van der Waals surface area contributed by atoms with Crippen LogP contribution in [-0.2, 0) is 21.2 Å². The number of carbonyl (C=O) groups excluding carboxylic acids is 1. The molecule has 0 aliphatic carbocycles. The summed E-state index contributed by atoms with van der Waals surface area (Å²) in [6.07, 6.45) is 1.69. The zero-order chi connectivity index (χ0) is 15.9. The third-order valence-electron chi connectivity index (χ3n) is 2.94. The average molecular weight is 309 g/mol. The highest BCUT2D eigenvalue weighted by Crippen LogP contribution is 2.17. The van der Waals surface area contributed by atoms with Crippen LogP contribution in [0.1, 0.15) is 25.3 Å². The number of hydrogen-bond donors (Lipinski definition) is 1. The molecule has 0 bridgehead atoms. The maximum atomic E-state index is 12.5. The molecule has 0 atom stereocenters. The molecule has 1 aromatic rings. The number of amides is 1. The summed E-state index contributed by atoms with van der Waals surface area (Å²) in [6, 6.07) is 8.08. The van der Waals surface area contributed by atoms with Gasteiger partial charge in [-0.15, -0.1) is 0 Å². The molecule has 0 spiro atoms. The third kappa shape index (κ3) is 4.85. The van der Waals surface area contributed by atoms with E-state index in [4.69, 9.17) is 11.0 Å². The van der Waals surface area contributed by atoms with Crippen LogP contribution >= 0.6 is 0 Å². The van der Waals surface area contributed by atoms with E-state index in [9.17, 15) is 13.2 Å². The van der Waals surface area contributed by atoms with Gasteiger partial charge < -0.3 is 5.73 Å². The first-order valence-corrected chi connectivity index (χ1v) is 8.10. The van der Waals surface area contributed by atoms with Gasteiger partial charge in [0, 0.05) is 6.54 Å². The van der Waals surface area contributed by atoms with Crippen molar-refractivity contribution < 1.29 is 13.2 Å². The molecule has 2 N–H and O–H groups in total. The molecule has 0 radical (unpaired) electrons. The average Bonchev–Trinajstić information content (AvgIpc) is 2.44. The number of benzene rings is 1. The Morgan fingerprint density at radius 3 is 2.43 bits per heavy atom. The smallest absolute Gasteiger partial charge is 0.243 e. The summed E-state index contributed by atoms with van der Waals surface area (Å²) < 4.78 is 26.1. The highest BCUT2D eigenvalue weighted by atomic mass is 32.2. The van der Waals surface area contributed by atoms with Gasteiger partial charge in [-0.1, -0.05) is 25.5 Å². The Morgan fingerprint density at radius 2 is 1.95 bits per heavy atom. The fourth-order valence-electron chi connectivity index (χ4n) is 1.81. The van der Waals surface area contributed by atoms with Gasteiger partial charge in [-0.05, 0) is 24.1 Å². The second-order valence-electron chi connectivity index (χ2n) is 4.64. The van der Waals surface area contributed by atoms with Crippen LogP contribution in [0.25, 0.3) is 0 Å². The van der Waals surface area contributed by atoms with Crippen molar-refractivity contribution in [2.75, 3.05) is 13.1 Å². The van der Waals surface area contributed by atoms with E-state index in [-0.39, 0.29) is 24.4 Å². The molecule has 21 heavy (non-hydrogen) atoms. The number of nitriles is 1. The number of carbonyl (C=O) groups is 1. The van der Waals surface area contributed by atoms with E-state index in [0.29, 0.717) is 6.42 Å². The molecule has 114 valence electrons. The van der Waals surface area contributed by atoms with Crippen LogP contribution in [0, 0.1) is 11.3 Å². The van der Waals surface area contributed by atoms with E-state index in [0.717, 1.165) is 16.3 Å². The largest absolute Gasteiger partial charge is 0.369 e. The zero-order valence-corrected chi connectivity index (χ0v) is 12.8. The van der Waals surface area contributed by atoms with Gasteiger partial charge in [0.25, 0.3) is 0 Å². The van der Waals surface area contributed by atoms with Gasteiger partial charge in [0.2, 0.25) is 15.9 Å². The maximum absolute atomic E-state index is 12.5. The maximum Gasteiger partial charge on any atom is 0.243 e. The number of primary amides is 1. The van der Waals surface area contributed by atoms with Gasteiger partial charge >= 0.3 is 0 Å². The van der Waals surface area contributed by atoms with Gasteiger partial charge in [-0.3, -0.25) is 4.79 Å². The lowest BCUT2D eigenvalue weighted by Crippen LogP contribution is -2.39. The van der Waals surface area contributed by atoms with Crippen molar-refractivity contribution in [3.05, 3.63) is 29.8 Å². The van der Waals surface area contributed by atoms with Gasteiger partial charge in [-0.2, -0.15) is 9.57 Å². The lowest BCUT2D eigenvalue weighted by atomic mass is 10.2. The van der Waals surface area contributed by atoms with Crippen molar-refractivity contribution in [2.45, 2.75) is 31.1 Å². The molecule has 0 saturated heterocycles. The fraction of sp³-hybridized carbons (Fsp3) is 0.429. The molecule has 0 aliphatic rings. The van der Waals surface area contributed by atoms with Gasteiger partial charge in [0.15, 0.2) is 0 Å². The first kappa shape index (κ1) is 17.1. The first-order valence-electron chi connectivity index (χ1n) is 6.66. The molecule has 0 aromatic heterocycles.